The number of hydrogen-bond acceptors (Lipinski definition) is 3. The summed E-state index contributed by atoms with van der Waals surface area (Å²) in [5.74, 6) is -1.40. The summed E-state index contributed by atoms with van der Waals surface area (Å²) in [7, 11) is 0. The zero-order valence-electron chi connectivity index (χ0n) is 12.0. The number of rotatable bonds is 4. The van der Waals surface area contributed by atoms with E-state index in [4.69, 9.17) is 11.6 Å². The molecule has 112 valence electrons. The van der Waals surface area contributed by atoms with Crippen molar-refractivity contribution < 1.29 is 14.7 Å². The molecule has 1 aromatic heterocycles. The van der Waals surface area contributed by atoms with Crippen LogP contribution in [-0.2, 0) is 4.79 Å². The summed E-state index contributed by atoms with van der Waals surface area (Å²) in [5, 5.41) is 10.5. The van der Waals surface area contributed by atoms with E-state index in [1.165, 1.54) is 30.1 Å². The molecule has 1 aromatic carbocycles. The zero-order valence-corrected chi connectivity index (χ0v) is 13.6. The SMILES string of the molecule is CCN(C(=O)c1sc2ccccc2c1Cl)C(C)(C)C(=O)O. The van der Waals surface area contributed by atoms with E-state index in [1.807, 2.05) is 24.3 Å². The second-order valence-electron chi connectivity index (χ2n) is 5.15. The number of carboxylic acids is 1. The number of benzene rings is 1. The normalized spacial score (nSPS) is 11.6. The van der Waals surface area contributed by atoms with Crippen molar-refractivity contribution in [1.82, 2.24) is 4.90 Å². The lowest BCUT2D eigenvalue weighted by Crippen LogP contribution is -2.52. The highest BCUT2D eigenvalue weighted by molar-refractivity contribution is 7.21. The molecule has 1 heterocycles. The smallest absolute Gasteiger partial charge is 0.329 e. The maximum absolute atomic E-state index is 12.7. The largest absolute Gasteiger partial charge is 0.480 e. The van der Waals surface area contributed by atoms with Crippen LogP contribution in [0.2, 0.25) is 5.02 Å². The van der Waals surface area contributed by atoms with Crippen molar-refractivity contribution in [3.05, 3.63) is 34.2 Å². The van der Waals surface area contributed by atoms with Crippen LogP contribution in [0.5, 0.6) is 0 Å². The number of aliphatic carboxylic acids is 1. The van der Waals surface area contributed by atoms with Gasteiger partial charge >= 0.3 is 5.97 Å². The third kappa shape index (κ3) is 2.63. The molecule has 0 bridgehead atoms. The van der Waals surface area contributed by atoms with Crippen LogP contribution in [-0.4, -0.2) is 34.0 Å². The van der Waals surface area contributed by atoms with Crippen molar-refractivity contribution in [2.45, 2.75) is 26.3 Å². The molecule has 1 N–H and O–H groups in total. The molecule has 0 fully saturated rings. The maximum Gasteiger partial charge on any atom is 0.329 e. The number of halogens is 1. The fourth-order valence-electron chi connectivity index (χ4n) is 2.18. The molecular weight excluding hydrogens is 310 g/mol. The van der Waals surface area contributed by atoms with Gasteiger partial charge in [-0.25, -0.2) is 4.79 Å². The van der Waals surface area contributed by atoms with E-state index in [0.717, 1.165) is 10.1 Å². The first-order valence-corrected chi connectivity index (χ1v) is 7.72. The van der Waals surface area contributed by atoms with Crippen LogP contribution in [0.4, 0.5) is 0 Å². The van der Waals surface area contributed by atoms with Crippen molar-refractivity contribution >= 4 is 44.9 Å². The van der Waals surface area contributed by atoms with Crippen LogP contribution >= 0.6 is 22.9 Å². The van der Waals surface area contributed by atoms with Gasteiger partial charge in [-0.3, -0.25) is 4.79 Å². The van der Waals surface area contributed by atoms with Gasteiger partial charge in [0.25, 0.3) is 5.91 Å². The molecule has 0 spiro atoms. The molecule has 0 aliphatic carbocycles. The van der Waals surface area contributed by atoms with Crippen molar-refractivity contribution in [1.29, 1.82) is 0 Å². The molecule has 1 amide bonds. The van der Waals surface area contributed by atoms with E-state index < -0.39 is 11.5 Å². The number of fused-ring (bicyclic) bond motifs is 1. The molecule has 21 heavy (non-hydrogen) atoms. The number of hydrogen-bond donors (Lipinski definition) is 1. The van der Waals surface area contributed by atoms with Gasteiger partial charge in [0.1, 0.15) is 10.4 Å². The molecule has 0 saturated heterocycles. The lowest BCUT2D eigenvalue weighted by Gasteiger charge is -2.33. The first kappa shape index (κ1) is 15.8. The summed E-state index contributed by atoms with van der Waals surface area (Å²) in [5.41, 5.74) is -1.29. The van der Waals surface area contributed by atoms with Crippen molar-refractivity contribution in [3.63, 3.8) is 0 Å². The Labute approximate surface area is 131 Å². The standard InChI is InChI=1S/C15H16ClNO3S/c1-4-17(15(2,3)14(19)20)13(18)12-11(16)9-7-5-6-8-10(9)21-12/h5-8H,4H2,1-3H3,(H,19,20). The molecule has 0 radical (unpaired) electrons. The number of thiophene rings is 1. The fraction of sp³-hybridized carbons (Fsp3) is 0.333. The van der Waals surface area contributed by atoms with E-state index in [0.29, 0.717) is 16.4 Å². The number of carbonyl (C=O) groups excluding carboxylic acids is 1. The molecule has 4 nitrogen and oxygen atoms in total. The van der Waals surface area contributed by atoms with Gasteiger partial charge in [-0.1, -0.05) is 29.8 Å². The van der Waals surface area contributed by atoms with Crippen LogP contribution in [0.15, 0.2) is 24.3 Å². The highest BCUT2D eigenvalue weighted by atomic mass is 35.5. The second kappa shape index (κ2) is 5.66. The minimum Gasteiger partial charge on any atom is -0.480 e. The third-order valence-corrected chi connectivity index (χ3v) is 5.15. The highest BCUT2D eigenvalue weighted by Crippen LogP contribution is 2.36. The Morgan fingerprint density at radius 3 is 2.48 bits per heavy atom. The average molecular weight is 326 g/mol. The Morgan fingerprint density at radius 2 is 1.95 bits per heavy atom. The molecule has 0 aliphatic heterocycles. The van der Waals surface area contributed by atoms with Gasteiger partial charge in [-0.05, 0) is 26.8 Å². The Kier molecular flexibility index (Phi) is 4.25. The summed E-state index contributed by atoms with van der Waals surface area (Å²) in [6, 6.07) is 7.47. The van der Waals surface area contributed by atoms with E-state index in [1.54, 1.807) is 6.92 Å². The van der Waals surface area contributed by atoms with Gasteiger partial charge in [-0.15, -0.1) is 11.3 Å². The van der Waals surface area contributed by atoms with Gasteiger partial charge in [0.15, 0.2) is 0 Å². The molecule has 0 atom stereocenters. The molecule has 0 saturated carbocycles. The summed E-state index contributed by atoms with van der Waals surface area (Å²) in [6.45, 7) is 5.07. The van der Waals surface area contributed by atoms with Gasteiger partial charge in [0.2, 0.25) is 0 Å². The lowest BCUT2D eigenvalue weighted by atomic mass is 10.0. The topological polar surface area (TPSA) is 57.6 Å². The van der Waals surface area contributed by atoms with Crippen LogP contribution < -0.4 is 0 Å². The van der Waals surface area contributed by atoms with Crippen LogP contribution in [0, 0.1) is 0 Å². The molecule has 0 unspecified atom stereocenters. The second-order valence-corrected chi connectivity index (χ2v) is 6.59. The number of carbonyl (C=O) groups is 2. The van der Waals surface area contributed by atoms with Crippen molar-refractivity contribution in [2.75, 3.05) is 6.54 Å². The minimum absolute atomic E-state index is 0.294. The highest BCUT2D eigenvalue weighted by Gasteiger charge is 2.38. The minimum atomic E-state index is -1.29. The first-order valence-electron chi connectivity index (χ1n) is 6.53. The molecule has 0 aliphatic rings. The quantitative estimate of drug-likeness (QED) is 0.928. The Hall–Kier alpha value is -1.59. The first-order chi connectivity index (χ1) is 9.80. The predicted molar refractivity (Wildman–Crippen MR) is 85.3 cm³/mol. The number of carboxylic acid groups (broad SMARTS) is 1. The monoisotopic (exact) mass is 325 g/mol. The Balaban J connectivity index is 2.50. The van der Waals surface area contributed by atoms with Gasteiger partial charge in [0, 0.05) is 16.6 Å². The fourth-order valence-corrected chi connectivity index (χ4v) is 3.64. The van der Waals surface area contributed by atoms with Crippen molar-refractivity contribution in [2.24, 2.45) is 0 Å². The summed E-state index contributed by atoms with van der Waals surface area (Å²) >= 11 is 7.59. The van der Waals surface area contributed by atoms with Gasteiger partial charge in [-0.2, -0.15) is 0 Å². The summed E-state index contributed by atoms with van der Waals surface area (Å²) in [6.07, 6.45) is 0. The predicted octanol–water partition coefficient (Wildman–Crippen LogP) is 3.88. The Morgan fingerprint density at radius 1 is 1.33 bits per heavy atom. The lowest BCUT2D eigenvalue weighted by molar-refractivity contribution is -0.147. The van der Waals surface area contributed by atoms with E-state index >= 15 is 0 Å². The zero-order chi connectivity index (χ0) is 15.8. The summed E-state index contributed by atoms with van der Waals surface area (Å²) in [4.78, 5) is 25.8. The summed E-state index contributed by atoms with van der Waals surface area (Å²) < 4.78 is 0.912. The number of amides is 1. The van der Waals surface area contributed by atoms with Crippen LogP contribution in [0.1, 0.15) is 30.4 Å². The Bertz CT molecular complexity index is 708. The third-order valence-electron chi connectivity index (χ3n) is 3.49. The van der Waals surface area contributed by atoms with E-state index in [-0.39, 0.29) is 5.91 Å². The van der Waals surface area contributed by atoms with Crippen LogP contribution in [0.3, 0.4) is 0 Å². The molecule has 2 aromatic rings. The van der Waals surface area contributed by atoms with Gasteiger partial charge in [0.05, 0.1) is 5.02 Å². The molecule has 6 heteroatoms. The molecule has 2 rings (SSSR count). The van der Waals surface area contributed by atoms with E-state index in [2.05, 4.69) is 0 Å². The number of nitrogens with zero attached hydrogens (tertiary/aromatic N) is 1. The number of likely N-dealkylation sites (N-methyl/N-ethyl adjacent to an activating group) is 1. The van der Waals surface area contributed by atoms with Crippen molar-refractivity contribution in [3.8, 4) is 0 Å². The average Bonchev–Trinajstić information content (AvgIpc) is 2.77. The van der Waals surface area contributed by atoms with Crippen LogP contribution in [0.25, 0.3) is 10.1 Å². The van der Waals surface area contributed by atoms with Gasteiger partial charge < -0.3 is 10.0 Å². The van der Waals surface area contributed by atoms with E-state index in [9.17, 15) is 14.7 Å². The maximum atomic E-state index is 12.7. The molecular formula is C15H16ClNO3S.